The van der Waals surface area contributed by atoms with E-state index in [0.29, 0.717) is 0 Å². The monoisotopic (exact) mass is 460 g/mol. The molecular weight excluding hydrogens is 420 g/mol. The molecule has 0 aromatic heterocycles. The zero-order valence-corrected chi connectivity index (χ0v) is 23.0. The molecule has 0 fully saturated rings. The molecule has 1 nitrogen and oxygen atoms in total. The molecule has 0 aliphatic heterocycles. The van der Waals surface area contributed by atoms with E-state index in [0.717, 1.165) is 12.5 Å². The Morgan fingerprint density at radius 2 is 1.41 bits per heavy atom. The number of rotatable bonds is 8. The minimum Gasteiger partial charge on any atom is -0.410 e. The summed E-state index contributed by atoms with van der Waals surface area (Å²) in [6, 6.07) is 27.6. The van der Waals surface area contributed by atoms with Crippen LogP contribution in [0.25, 0.3) is 10.8 Å². The second-order valence-electron chi connectivity index (χ2n) is 11.1. The molecule has 0 amide bonds. The van der Waals surface area contributed by atoms with Gasteiger partial charge in [-0.05, 0) is 53.0 Å². The maximum atomic E-state index is 6.95. The van der Waals surface area contributed by atoms with Crippen LogP contribution in [0.5, 0.6) is 0 Å². The predicted molar refractivity (Wildman–Crippen MR) is 147 cm³/mol. The van der Waals surface area contributed by atoms with Crippen molar-refractivity contribution in [2.45, 2.75) is 70.6 Å². The lowest BCUT2D eigenvalue weighted by atomic mass is 10.0. The summed E-state index contributed by atoms with van der Waals surface area (Å²) in [5.41, 5.74) is 1.29. The minimum absolute atomic E-state index is 0.0956. The summed E-state index contributed by atoms with van der Waals surface area (Å²) >= 11 is 0. The maximum absolute atomic E-state index is 6.95. The summed E-state index contributed by atoms with van der Waals surface area (Å²) in [5.74, 6) is 0. The van der Waals surface area contributed by atoms with E-state index < -0.39 is 16.4 Å². The van der Waals surface area contributed by atoms with Gasteiger partial charge in [0, 0.05) is 0 Å². The first-order chi connectivity index (χ1) is 15.0. The fraction of sp³-hybridized carbons (Fsp3) is 0.379. The molecule has 0 bridgehead atoms. The molecule has 0 radical (unpaired) electrons. The van der Waals surface area contributed by atoms with Crippen LogP contribution in [0.1, 0.15) is 38.9 Å². The molecule has 1 atom stereocenters. The van der Waals surface area contributed by atoms with Gasteiger partial charge in [0.25, 0.3) is 0 Å². The van der Waals surface area contributed by atoms with E-state index in [-0.39, 0.29) is 11.1 Å². The van der Waals surface area contributed by atoms with Crippen LogP contribution in [0.4, 0.5) is 0 Å². The fourth-order valence-corrected chi connectivity index (χ4v) is 7.18. The molecule has 170 valence electrons. The Morgan fingerprint density at radius 1 is 0.781 bits per heavy atom. The highest BCUT2D eigenvalue weighted by molar-refractivity contribution is 6.90. The summed E-state index contributed by atoms with van der Waals surface area (Å²) in [6.07, 6.45) is 5.79. The lowest BCUT2D eigenvalue weighted by Crippen LogP contribution is -2.41. The van der Waals surface area contributed by atoms with E-state index in [1.165, 1.54) is 21.5 Å². The second-order valence-corrected chi connectivity index (χ2v) is 20.6. The first-order valence-electron chi connectivity index (χ1n) is 11.9. The summed E-state index contributed by atoms with van der Waals surface area (Å²) in [4.78, 5) is 0. The normalized spacial score (nSPS) is 14.2. The van der Waals surface area contributed by atoms with E-state index in [4.69, 9.17) is 4.43 Å². The Bertz CT molecular complexity index is 1050. The molecule has 32 heavy (non-hydrogen) atoms. The van der Waals surface area contributed by atoms with Crippen molar-refractivity contribution in [3.8, 4) is 0 Å². The molecule has 3 aromatic carbocycles. The zero-order chi connectivity index (χ0) is 23.4. The van der Waals surface area contributed by atoms with Gasteiger partial charge in [-0.2, -0.15) is 0 Å². The maximum Gasteiger partial charge on any atom is 0.192 e. The van der Waals surface area contributed by atoms with Crippen LogP contribution in [0.2, 0.25) is 37.3 Å². The van der Waals surface area contributed by atoms with Crippen LogP contribution in [0.3, 0.4) is 0 Å². The molecule has 0 saturated carbocycles. The average molecular weight is 461 g/mol. The Balaban J connectivity index is 1.81. The van der Waals surface area contributed by atoms with E-state index in [1.54, 1.807) is 0 Å². The van der Waals surface area contributed by atoms with Crippen molar-refractivity contribution in [3.63, 3.8) is 0 Å². The van der Waals surface area contributed by atoms with Crippen LogP contribution in [0, 0.1) is 0 Å². The van der Waals surface area contributed by atoms with Crippen molar-refractivity contribution in [3.05, 3.63) is 90.5 Å². The highest BCUT2D eigenvalue weighted by Crippen LogP contribution is 2.41. The quantitative estimate of drug-likeness (QED) is 0.242. The van der Waals surface area contributed by atoms with Gasteiger partial charge in [0.2, 0.25) is 0 Å². The van der Waals surface area contributed by atoms with Crippen molar-refractivity contribution in [2.24, 2.45) is 0 Å². The topological polar surface area (TPSA) is 9.23 Å². The molecule has 0 aliphatic rings. The summed E-state index contributed by atoms with van der Waals surface area (Å²) < 4.78 is 6.95. The van der Waals surface area contributed by atoms with Crippen molar-refractivity contribution in [1.82, 2.24) is 0 Å². The lowest BCUT2D eigenvalue weighted by molar-refractivity contribution is 0.187. The first-order valence-corrected chi connectivity index (χ1v) is 18.0. The highest BCUT2D eigenvalue weighted by Gasteiger charge is 2.39. The van der Waals surface area contributed by atoms with Gasteiger partial charge in [-0.1, -0.05) is 118 Å². The van der Waals surface area contributed by atoms with Crippen LogP contribution < -0.4 is 5.19 Å². The second kappa shape index (κ2) is 9.90. The molecule has 0 saturated heterocycles. The zero-order valence-electron chi connectivity index (χ0n) is 21.0. The van der Waals surface area contributed by atoms with Crippen LogP contribution >= 0.6 is 0 Å². The Labute approximate surface area is 197 Å². The Kier molecular flexibility index (Phi) is 7.64. The highest BCUT2D eigenvalue weighted by atomic mass is 28.4. The lowest BCUT2D eigenvalue weighted by Gasteiger charge is -2.39. The Morgan fingerprint density at radius 3 is 2.06 bits per heavy atom. The van der Waals surface area contributed by atoms with E-state index in [9.17, 15) is 0 Å². The van der Waals surface area contributed by atoms with E-state index in [1.807, 2.05) is 0 Å². The number of fused-ring (bicyclic) bond motifs is 1. The third-order valence-corrected chi connectivity index (χ3v) is 14.7. The van der Waals surface area contributed by atoms with Gasteiger partial charge in [0.1, 0.15) is 0 Å². The van der Waals surface area contributed by atoms with Crippen molar-refractivity contribution < 1.29 is 4.43 Å². The predicted octanol–water partition coefficient (Wildman–Crippen LogP) is 8.46. The molecule has 0 N–H and O–H groups in total. The van der Waals surface area contributed by atoms with E-state index >= 15 is 0 Å². The molecule has 3 rings (SSSR count). The number of hydrogen-bond acceptors (Lipinski definition) is 1. The van der Waals surface area contributed by atoms with Gasteiger partial charge in [-0.3, -0.25) is 0 Å². The number of hydrogen-bond donors (Lipinski definition) is 0. The smallest absolute Gasteiger partial charge is 0.192 e. The largest absolute Gasteiger partial charge is 0.410 e. The minimum atomic E-state index is -1.89. The average Bonchev–Trinajstić information content (AvgIpc) is 2.75. The van der Waals surface area contributed by atoms with Crippen molar-refractivity contribution in [2.75, 3.05) is 0 Å². The number of allylic oxidation sites excluding steroid dienone is 1. The number of benzene rings is 3. The molecule has 3 aromatic rings. The SMILES string of the molecule is CC(C)(C)[Si](C)(C)OC(C/C=C\C[Si](C)(C)c1ccccc1)c1ccc2ccccc2c1. The van der Waals surface area contributed by atoms with Crippen molar-refractivity contribution in [1.29, 1.82) is 0 Å². The molecule has 0 aliphatic carbocycles. The van der Waals surface area contributed by atoms with Gasteiger partial charge in [0.05, 0.1) is 14.2 Å². The van der Waals surface area contributed by atoms with Crippen molar-refractivity contribution >= 4 is 32.4 Å². The molecule has 3 heteroatoms. The molecular formula is C29H40OSi2. The van der Waals surface area contributed by atoms with Crippen LogP contribution in [-0.4, -0.2) is 16.4 Å². The standard InChI is InChI=1S/C29H40OSi2/c1-29(2,3)32(6,7)30-28(26-21-20-24-15-11-12-16-25(24)23-26)19-13-14-22-31(4,5)27-17-9-8-10-18-27/h8-18,20-21,23,28H,19,22H2,1-7H3/b14-13-. The van der Waals surface area contributed by atoms with Crippen LogP contribution in [0.15, 0.2) is 84.9 Å². The summed E-state index contributed by atoms with van der Waals surface area (Å²) in [5, 5.41) is 4.28. The Hall–Kier alpha value is -1.95. The third-order valence-electron chi connectivity index (χ3n) is 7.09. The summed E-state index contributed by atoms with van der Waals surface area (Å²) in [6.45, 7) is 16.6. The van der Waals surface area contributed by atoms with Gasteiger partial charge >= 0.3 is 0 Å². The van der Waals surface area contributed by atoms with Crippen LogP contribution in [-0.2, 0) is 4.43 Å². The molecule has 0 heterocycles. The molecule has 0 spiro atoms. The van der Waals surface area contributed by atoms with Gasteiger partial charge in [0.15, 0.2) is 8.32 Å². The van der Waals surface area contributed by atoms with Gasteiger partial charge in [-0.25, -0.2) is 0 Å². The molecule has 1 unspecified atom stereocenters. The van der Waals surface area contributed by atoms with Gasteiger partial charge < -0.3 is 4.43 Å². The van der Waals surface area contributed by atoms with E-state index in [2.05, 4.69) is 132 Å². The van der Waals surface area contributed by atoms with Gasteiger partial charge in [-0.15, -0.1) is 0 Å². The fourth-order valence-electron chi connectivity index (χ4n) is 3.80. The summed E-state index contributed by atoms with van der Waals surface area (Å²) in [7, 11) is -3.36. The first kappa shape index (κ1) is 24.7. The third kappa shape index (κ3) is 6.09.